The number of carbonyl (C=O) groups is 2. The summed E-state index contributed by atoms with van der Waals surface area (Å²) in [5, 5.41) is 2.87. The van der Waals surface area contributed by atoms with E-state index in [4.69, 9.17) is 10.5 Å². The lowest BCUT2D eigenvalue weighted by atomic mass is 10.1. The monoisotopic (exact) mass is 364 g/mol. The molecule has 0 fully saturated rings. The molecule has 3 rings (SSSR count). The molecule has 0 saturated heterocycles. The number of ether oxygens (including phenoxy) is 1. The van der Waals surface area contributed by atoms with Crippen molar-refractivity contribution in [1.82, 2.24) is 14.9 Å². The van der Waals surface area contributed by atoms with Gasteiger partial charge in [-0.3, -0.25) is 9.59 Å². The van der Waals surface area contributed by atoms with Crippen LogP contribution in [-0.4, -0.2) is 28.0 Å². The second-order valence-corrected chi connectivity index (χ2v) is 6.02. The molecule has 1 aromatic heterocycles. The molecule has 7 nitrogen and oxygen atoms in total. The average Bonchev–Trinajstić information content (AvgIpc) is 3.19. The van der Waals surface area contributed by atoms with E-state index in [1.165, 1.54) is 0 Å². The Morgan fingerprint density at radius 1 is 1.11 bits per heavy atom. The number of hydrogen-bond donors (Lipinski definition) is 2. The smallest absolute Gasteiger partial charge is 0.255 e. The van der Waals surface area contributed by atoms with Crippen LogP contribution in [0.25, 0.3) is 0 Å². The number of nitrogens with zero attached hydrogens (tertiary/aromatic N) is 2. The minimum Gasteiger partial charge on any atom is -0.484 e. The molecule has 0 radical (unpaired) electrons. The van der Waals surface area contributed by atoms with E-state index in [1.807, 2.05) is 35.0 Å². The molecule has 0 bridgehead atoms. The third-order valence-electron chi connectivity index (χ3n) is 3.88. The first kappa shape index (κ1) is 18.2. The molecule has 0 unspecified atom stereocenters. The van der Waals surface area contributed by atoms with Crippen LogP contribution in [0, 0.1) is 0 Å². The molecule has 3 N–H and O–H groups in total. The standard InChI is InChI=1S/C20H20N4O3/c21-19(25)13-27-18-3-1-2-17(10-18)20(26)23-11-15-4-6-16(7-5-15)12-24-9-8-22-14-24/h1-10,14H,11-13H2,(H2,21,25)(H,23,26). The maximum Gasteiger partial charge on any atom is 0.255 e. The molecule has 1 heterocycles. The first-order valence-electron chi connectivity index (χ1n) is 8.43. The van der Waals surface area contributed by atoms with Gasteiger partial charge in [-0.15, -0.1) is 0 Å². The van der Waals surface area contributed by atoms with Crippen LogP contribution in [0.2, 0.25) is 0 Å². The molecular formula is C20H20N4O3. The number of nitrogens with one attached hydrogen (secondary N) is 1. The molecule has 0 aliphatic carbocycles. The van der Waals surface area contributed by atoms with Crippen LogP contribution in [0.1, 0.15) is 21.5 Å². The maximum atomic E-state index is 12.3. The van der Waals surface area contributed by atoms with Gasteiger partial charge in [-0.25, -0.2) is 4.98 Å². The van der Waals surface area contributed by atoms with E-state index >= 15 is 0 Å². The summed E-state index contributed by atoms with van der Waals surface area (Å²) in [5.74, 6) is -0.367. The Labute approximate surface area is 156 Å². The number of rotatable bonds is 8. The molecule has 7 heteroatoms. The van der Waals surface area contributed by atoms with Crippen molar-refractivity contribution in [2.75, 3.05) is 6.61 Å². The van der Waals surface area contributed by atoms with Crippen LogP contribution >= 0.6 is 0 Å². The normalized spacial score (nSPS) is 10.4. The minimum atomic E-state index is -0.568. The molecular weight excluding hydrogens is 344 g/mol. The number of amides is 2. The van der Waals surface area contributed by atoms with Crippen LogP contribution in [0.3, 0.4) is 0 Å². The fraction of sp³-hybridized carbons (Fsp3) is 0.150. The average molecular weight is 364 g/mol. The number of primary amides is 1. The van der Waals surface area contributed by atoms with Gasteiger partial charge in [0.15, 0.2) is 6.61 Å². The highest BCUT2D eigenvalue weighted by Gasteiger charge is 2.07. The number of imidazole rings is 1. The fourth-order valence-corrected chi connectivity index (χ4v) is 2.52. The topological polar surface area (TPSA) is 99.2 Å². The van der Waals surface area contributed by atoms with Gasteiger partial charge < -0.3 is 20.4 Å². The van der Waals surface area contributed by atoms with Crippen LogP contribution in [0.5, 0.6) is 5.75 Å². The van der Waals surface area contributed by atoms with E-state index in [0.29, 0.717) is 17.9 Å². The quantitative estimate of drug-likeness (QED) is 0.636. The Morgan fingerprint density at radius 3 is 2.59 bits per heavy atom. The molecule has 138 valence electrons. The number of carbonyl (C=O) groups excluding carboxylic acids is 2. The van der Waals surface area contributed by atoms with E-state index in [0.717, 1.165) is 17.7 Å². The van der Waals surface area contributed by atoms with Crippen molar-refractivity contribution in [3.05, 3.63) is 83.9 Å². The Hall–Kier alpha value is -3.61. The van der Waals surface area contributed by atoms with Crippen LogP contribution < -0.4 is 15.8 Å². The van der Waals surface area contributed by atoms with E-state index in [-0.39, 0.29) is 12.5 Å². The molecule has 0 aliphatic rings. The largest absolute Gasteiger partial charge is 0.484 e. The number of aromatic nitrogens is 2. The molecule has 27 heavy (non-hydrogen) atoms. The van der Waals surface area contributed by atoms with Gasteiger partial charge in [-0.1, -0.05) is 30.3 Å². The fourth-order valence-electron chi connectivity index (χ4n) is 2.52. The Bertz CT molecular complexity index is 905. The van der Waals surface area contributed by atoms with Gasteiger partial charge >= 0.3 is 0 Å². The van der Waals surface area contributed by atoms with Crippen molar-refractivity contribution in [2.45, 2.75) is 13.1 Å². The molecule has 3 aromatic rings. The van der Waals surface area contributed by atoms with Crippen molar-refractivity contribution >= 4 is 11.8 Å². The summed E-state index contributed by atoms with van der Waals surface area (Å²) in [6.45, 7) is 0.942. The summed E-state index contributed by atoms with van der Waals surface area (Å²) in [5.41, 5.74) is 7.66. The lowest BCUT2D eigenvalue weighted by molar-refractivity contribution is -0.119. The molecule has 0 aliphatic heterocycles. The maximum absolute atomic E-state index is 12.3. The number of nitrogens with two attached hydrogens (primary N) is 1. The van der Waals surface area contributed by atoms with Crippen LogP contribution in [-0.2, 0) is 17.9 Å². The Morgan fingerprint density at radius 2 is 1.89 bits per heavy atom. The van der Waals surface area contributed by atoms with E-state index in [9.17, 15) is 9.59 Å². The molecule has 0 spiro atoms. The first-order valence-corrected chi connectivity index (χ1v) is 8.43. The second kappa shape index (κ2) is 8.66. The summed E-state index contributed by atoms with van der Waals surface area (Å²) >= 11 is 0. The number of benzene rings is 2. The summed E-state index contributed by atoms with van der Waals surface area (Å²) in [4.78, 5) is 27.1. The van der Waals surface area contributed by atoms with Gasteiger partial charge in [0.2, 0.25) is 0 Å². The lowest BCUT2D eigenvalue weighted by Gasteiger charge is -2.09. The summed E-state index contributed by atoms with van der Waals surface area (Å²) < 4.78 is 7.21. The SMILES string of the molecule is NC(=O)COc1cccc(C(=O)NCc2ccc(Cn3ccnc3)cc2)c1. The Kier molecular flexibility index (Phi) is 5.84. The zero-order chi connectivity index (χ0) is 19.1. The van der Waals surface area contributed by atoms with E-state index < -0.39 is 5.91 Å². The predicted molar refractivity (Wildman–Crippen MR) is 100 cm³/mol. The number of hydrogen-bond acceptors (Lipinski definition) is 4. The van der Waals surface area contributed by atoms with Crippen LogP contribution in [0.4, 0.5) is 0 Å². The van der Waals surface area contributed by atoms with Crippen molar-refractivity contribution in [1.29, 1.82) is 0 Å². The predicted octanol–water partition coefficient (Wildman–Crippen LogP) is 1.73. The zero-order valence-electron chi connectivity index (χ0n) is 14.7. The second-order valence-electron chi connectivity index (χ2n) is 6.02. The summed E-state index contributed by atoms with van der Waals surface area (Å²) in [6, 6.07) is 14.6. The summed E-state index contributed by atoms with van der Waals surface area (Å²) in [7, 11) is 0. The minimum absolute atomic E-state index is 0.220. The van der Waals surface area contributed by atoms with Gasteiger partial charge in [-0.05, 0) is 29.3 Å². The highest BCUT2D eigenvalue weighted by Crippen LogP contribution is 2.13. The zero-order valence-corrected chi connectivity index (χ0v) is 14.7. The van der Waals surface area contributed by atoms with Crippen LogP contribution in [0.15, 0.2) is 67.3 Å². The molecule has 2 aromatic carbocycles. The third-order valence-corrected chi connectivity index (χ3v) is 3.88. The van der Waals surface area contributed by atoms with Crippen molar-refractivity contribution in [3.63, 3.8) is 0 Å². The van der Waals surface area contributed by atoms with Gasteiger partial charge in [-0.2, -0.15) is 0 Å². The van der Waals surface area contributed by atoms with Gasteiger partial charge in [0.25, 0.3) is 11.8 Å². The molecule has 0 atom stereocenters. The van der Waals surface area contributed by atoms with Crippen molar-refractivity contribution in [2.24, 2.45) is 5.73 Å². The lowest BCUT2D eigenvalue weighted by Crippen LogP contribution is -2.23. The molecule has 0 saturated carbocycles. The van der Waals surface area contributed by atoms with Gasteiger partial charge in [0.1, 0.15) is 5.75 Å². The molecule has 2 amide bonds. The highest BCUT2D eigenvalue weighted by atomic mass is 16.5. The first-order chi connectivity index (χ1) is 13.1. The third kappa shape index (κ3) is 5.43. The summed E-state index contributed by atoms with van der Waals surface area (Å²) in [6.07, 6.45) is 5.43. The van der Waals surface area contributed by atoms with Crippen molar-refractivity contribution < 1.29 is 14.3 Å². The van der Waals surface area contributed by atoms with Gasteiger partial charge in [0.05, 0.1) is 6.33 Å². The van der Waals surface area contributed by atoms with E-state index in [1.54, 1.807) is 36.8 Å². The highest BCUT2D eigenvalue weighted by molar-refractivity contribution is 5.94. The Balaban J connectivity index is 1.54. The van der Waals surface area contributed by atoms with E-state index in [2.05, 4.69) is 10.3 Å². The van der Waals surface area contributed by atoms with Gasteiger partial charge in [0, 0.05) is 31.0 Å². The van der Waals surface area contributed by atoms with Crippen molar-refractivity contribution in [3.8, 4) is 5.75 Å².